The van der Waals surface area contributed by atoms with E-state index in [1.165, 1.54) is 22.5 Å². The fourth-order valence-corrected chi connectivity index (χ4v) is 7.04. The summed E-state index contributed by atoms with van der Waals surface area (Å²) >= 11 is 0. The number of sulfonamides is 1. The van der Waals surface area contributed by atoms with E-state index in [4.69, 9.17) is 11.5 Å². The average molecular weight is 564 g/mol. The van der Waals surface area contributed by atoms with Crippen LogP contribution in [-0.2, 0) is 20.7 Å². The molecule has 13 heteroatoms. The molecule has 4 N–H and O–H groups in total. The highest BCUT2D eigenvalue weighted by molar-refractivity contribution is 7.89. The number of hydrogen-bond donors (Lipinski definition) is 2. The van der Waals surface area contributed by atoms with Gasteiger partial charge in [-0.1, -0.05) is 0 Å². The molecule has 2 aliphatic heterocycles. The van der Waals surface area contributed by atoms with E-state index in [2.05, 4.69) is 9.97 Å². The molecule has 1 atom stereocenters. The Morgan fingerprint density at radius 2 is 1.59 bits per heavy atom. The molecule has 0 spiro atoms. The minimum absolute atomic E-state index is 0.0292. The molecular weight excluding hydrogens is 528 g/mol. The predicted molar refractivity (Wildman–Crippen MR) is 143 cm³/mol. The minimum Gasteiger partial charge on any atom is -0.338 e. The minimum atomic E-state index is -3.78. The number of rotatable bonds is 6. The second-order valence-corrected chi connectivity index (χ2v) is 12.7. The molecule has 1 aliphatic carbocycles. The van der Waals surface area contributed by atoms with Crippen LogP contribution in [0.25, 0.3) is 0 Å². The van der Waals surface area contributed by atoms with Crippen molar-refractivity contribution < 1.29 is 22.0 Å². The van der Waals surface area contributed by atoms with Gasteiger partial charge in [0.2, 0.25) is 21.9 Å². The fraction of sp³-hybridized carbons (Fsp3) is 0.577. The first-order chi connectivity index (χ1) is 18.4. The van der Waals surface area contributed by atoms with Crippen LogP contribution in [0, 0.1) is 12.8 Å². The van der Waals surface area contributed by atoms with Crippen LogP contribution >= 0.6 is 0 Å². The molecule has 1 amide bonds. The standard InChI is InChI=1S/C26H35F2N7O3S/c1-17-14-23(26(27,28)18-2-4-19(29)5-3-18)32-25(31-17)33-10-12-34(13-11-33)39(37,38)22-8-6-21(7-9-22)35-16-20(30)15-24(35)36/h6-9,14,18-20H,2-5,10-13,15-16,29-30H2,1H3/t18?,19?,20-/m1/s1. The van der Waals surface area contributed by atoms with Crippen molar-refractivity contribution >= 4 is 27.6 Å². The second kappa shape index (κ2) is 10.7. The van der Waals surface area contributed by atoms with Crippen molar-refractivity contribution in [2.75, 3.05) is 42.5 Å². The van der Waals surface area contributed by atoms with E-state index < -0.39 is 21.9 Å². The fourth-order valence-electron chi connectivity index (χ4n) is 5.62. The van der Waals surface area contributed by atoms with Gasteiger partial charge in [-0.05, 0) is 62.9 Å². The normalized spacial score (nSPS) is 25.4. The molecule has 212 valence electrons. The van der Waals surface area contributed by atoms with E-state index in [9.17, 15) is 13.2 Å². The van der Waals surface area contributed by atoms with Gasteiger partial charge in [-0.15, -0.1) is 0 Å². The number of amides is 1. The molecule has 2 saturated heterocycles. The highest BCUT2D eigenvalue weighted by Gasteiger charge is 2.44. The van der Waals surface area contributed by atoms with E-state index in [0.717, 1.165) is 0 Å². The second-order valence-electron chi connectivity index (χ2n) is 10.8. The monoisotopic (exact) mass is 563 g/mol. The molecule has 3 fully saturated rings. The number of alkyl halides is 2. The lowest BCUT2D eigenvalue weighted by molar-refractivity contribution is -0.117. The molecule has 3 aliphatic rings. The van der Waals surface area contributed by atoms with Gasteiger partial charge < -0.3 is 21.3 Å². The van der Waals surface area contributed by atoms with Crippen LogP contribution in [0.1, 0.15) is 43.5 Å². The maximum atomic E-state index is 15.4. The van der Waals surface area contributed by atoms with Crippen molar-refractivity contribution in [2.24, 2.45) is 17.4 Å². The van der Waals surface area contributed by atoms with Gasteiger partial charge in [0, 0.05) is 68.5 Å². The quantitative estimate of drug-likeness (QED) is 0.544. The summed E-state index contributed by atoms with van der Waals surface area (Å²) in [4.78, 5) is 24.2. The number of carbonyl (C=O) groups excluding carboxylic acids is 1. The Kier molecular flexibility index (Phi) is 7.61. The third-order valence-corrected chi connectivity index (χ3v) is 9.84. The summed E-state index contributed by atoms with van der Waals surface area (Å²) in [6.45, 7) is 2.92. The summed E-state index contributed by atoms with van der Waals surface area (Å²) < 4.78 is 58.7. The lowest BCUT2D eigenvalue weighted by Crippen LogP contribution is -2.49. The lowest BCUT2D eigenvalue weighted by Gasteiger charge is -2.35. The Balaban J connectivity index is 1.26. The predicted octanol–water partition coefficient (Wildman–Crippen LogP) is 1.97. The Bertz CT molecular complexity index is 1310. The summed E-state index contributed by atoms with van der Waals surface area (Å²) in [5.41, 5.74) is 12.5. The van der Waals surface area contributed by atoms with Crippen LogP contribution in [0.4, 0.5) is 20.4 Å². The van der Waals surface area contributed by atoms with Gasteiger partial charge in [0.1, 0.15) is 5.69 Å². The van der Waals surface area contributed by atoms with Crippen molar-refractivity contribution in [2.45, 2.75) is 61.9 Å². The van der Waals surface area contributed by atoms with E-state index >= 15 is 8.78 Å². The molecule has 5 rings (SSSR count). The molecule has 0 radical (unpaired) electrons. The first-order valence-corrected chi connectivity index (χ1v) is 14.8. The Labute approximate surface area is 227 Å². The summed E-state index contributed by atoms with van der Waals surface area (Å²) in [5.74, 6) is -3.80. The summed E-state index contributed by atoms with van der Waals surface area (Å²) in [5, 5.41) is 0. The Morgan fingerprint density at radius 3 is 2.18 bits per heavy atom. The molecular formula is C26H35F2N7O3S. The Hall–Kier alpha value is -2.74. The van der Waals surface area contributed by atoms with Crippen LogP contribution in [0.15, 0.2) is 35.2 Å². The van der Waals surface area contributed by atoms with E-state index in [1.807, 2.05) is 0 Å². The molecule has 2 aromatic rings. The highest BCUT2D eigenvalue weighted by atomic mass is 32.2. The number of carbonyl (C=O) groups is 1. The van der Waals surface area contributed by atoms with Gasteiger partial charge in [-0.2, -0.15) is 13.1 Å². The number of aromatic nitrogens is 2. The van der Waals surface area contributed by atoms with Crippen molar-refractivity contribution in [1.82, 2.24) is 14.3 Å². The van der Waals surface area contributed by atoms with Crippen molar-refractivity contribution in [1.29, 1.82) is 0 Å². The maximum Gasteiger partial charge on any atom is 0.292 e. The van der Waals surface area contributed by atoms with E-state index in [-0.39, 0.29) is 67.1 Å². The lowest BCUT2D eigenvalue weighted by atomic mass is 9.81. The van der Waals surface area contributed by atoms with Gasteiger partial charge in [0.25, 0.3) is 5.92 Å². The zero-order valence-electron chi connectivity index (χ0n) is 22.0. The van der Waals surface area contributed by atoms with Crippen LogP contribution < -0.4 is 21.3 Å². The molecule has 0 bridgehead atoms. The van der Waals surface area contributed by atoms with Crippen molar-refractivity contribution in [3.05, 3.63) is 41.7 Å². The van der Waals surface area contributed by atoms with Crippen molar-refractivity contribution in [3.8, 4) is 0 Å². The number of nitrogens with two attached hydrogens (primary N) is 2. The van der Waals surface area contributed by atoms with Gasteiger partial charge >= 0.3 is 0 Å². The molecule has 1 aromatic carbocycles. The van der Waals surface area contributed by atoms with Gasteiger partial charge in [0.15, 0.2) is 0 Å². The SMILES string of the molecule is Cc1cc(C(F)(F)C2CCC(N)CC2)nc(N2CCN(S(=O)(=O)c3ccc(N4C[C@H](N)CC4=O)cc3)CC2)n1. The number of nitrogens with zero attached hydrogens (tertiary/aromatic N) is 5. The van der Waals surface area contributed by atoms with E-state index in [1.54, 1.807) is 28.9 Å². The largest absolute Gasteiger partial charge is 0.338 e. The third-order valence-electron chi connectivity index (χ3n) is 7.93. The average Bonchev–Trinajstić information content (AvgIpc) is 3.26. The number of halogens is 2. The van der Waals surface area contributed by atoms with Crippen LogP contribution in [0.3, 0.4) is 0 Å². The van der Waals surface area contributed by atoms with Crippen molar-refractivity contribution in [3.63, 3.8) is 0 Å². The van der Waals surface area contributed by atoms with Gasteiger partial charge in [-0.25, -0.2) is 18.4 Å². The summed E-state index contributed by atoms with van der Waals surface area (Å²) in [7, 11) is -3.78. The number of benzene rings is 1. The zero-order valence-corrected chi connectivity index (χ0v) is 22.8. The smallest absolute Gasteiger partial charge is 0.292 e. The molecule has 3 heterocycles. The van der Waals surface area contributed by atoms with Crippen LogP contribution in [0.2, 0.25) is 0 Å². The molecule has 1 aromatic heterocycles. The number of aryl methyl sites for hydroxylation is 1. The summed E-state index contributed by atoms with van der Waals surface area (Å²) in [6, 6.07) is 7.28. The molecule has 0 unspecified atom stereocenters. The molecule has 39 heavy (non-hydrogen) atoms. The highest BCUT2D eigenvalue weighted by Crippen LogP contribution is 2.43. The summed E-state index contributed by atoms with van der Waals surface area (Å²) in [6.07, 6.45) is 2.11. The Morgan fingerprint density at radius 1 is 0.949 bits per heavy atom. The van der Waals surface area contributed by atoms with Gasteiger partial charge in [0.05, 0.1) is 4.90 Å². The topological polar surface area (TPSA) is 139 Å². The zero-order chi connectivity index (χ0) is 27.9. The maximum absolute atomic E-state index is 15.4. The van der Waals surface area contributed by atoms with Gasteiger partial charge in [-0.3, -0.25) is 4.79 Å². The van der Waals surface area contributed by atoms with Crippen LogP contribution in [0.5, 0.6) is 0 Å². The third kappa shape index (κ3) is 5.63. The first kappa shape index (κ1) is 27.8. The van der Waals surface area contributed by atoms with E-state index in [0.29, 0.717) is 43.6 Å². The molecule has 10 nitrogen and oxygen atoms in total. The van der Waals surface area contributed by atoms with Crippen LogP contribution in [-0.4, -0.2) is 73.4 Å². The molecule has 1 saturated carbocycles. The first-order valence-electron chi connectivity index (χ1n) is 13.4. The number of anilines is 2. The number of piperazine rings is 1. The number of hydrogen-bond acceptors (Lipinski definition) is 8.